The molecule has 0 spiro atoms. The normalized spacial score (nSPS) is 11.3. The molecule has 4 rings (SSSR count). The molecule has 0 saturated carbocycles. The molecule has 3 N–H and O–H groups in total. The number of hydrogen-bond donors (Lipinski definition) is 3. The van der Waals surface area contributed by atoms with Crippen LogP contribution in [-0.4, -0.2) is 24.1 Å². The van der Waals surface area contributed by atoms with E-state index < -0.39 is 0 Å². The van der Waals surface area contributed by atoms with E-state index in [1.54, 1.807) is 7.11 Å². The molecule has 0 bridgehead atoms. The number of ether oxygens (including phenoxy) is 1. The van der Waals surface area contributed by atoms with Crippen LogP contribution in [0.4, 0.5) is 0 Å². The van der Waals surface area contributed by atoms with Crippen molar-refractivity contribution in [1.82, 2.24) is 15.3 Å². The zero-order chi connectivity index (χ0) is 18.3. The van der Waals surface area contributed by atoms with Gasteiger partial charge in [-0.25, -0.2) is 0 Å². The van der Waals surface area contributed by atoms with E-state index in [0.29, 0.717) is 17.1 Å². The van der Waals surface area contributed by atoms with Gasteiger partial charge in [0.25, 0.3) is 5.56 Å². The summed E-state index contributed by atoms with van der Waals surface area (Å²) in [4.78, 5) is 19.3. The molecule has 0 radical (unpaired) electrons. The van der Waals surface area contributed by atoms with E-state index in [1.165, 1.54) is 0 Å². The molecule has 2 heterocycles. The highest BCUT2D eigenvalue weighted by molar-refractivity contribution is 6.31. The van der Waals surface area contributed by atoms with E-state index in [2.05, 4.69) is 15.3 Å². The van der Waals surface area contributed by atoms with E-state index in [4.69, 9.17) is 16.3 Å². The SMILES string of the molecule is CNCc1c(-c2cccc(OC)c2)c2[nH]c3ccc(Cl)cc3c2[nH]c1=O. The van der Waals surface area contributed by atoms with Crippen molar-refractivity contribution >= 4 is 33.5 Å². The molecule has 0 amide bonds. The molecule has 4 aromatic rings. The minimum absolute atomic E-state index is 0.120. The zero-order valence-corrected chi connectivity index (χ0v) is 15.2. The molecule has 132 valence electrons. The molecular formula is C20H18ClN3O2. The molecule has 0 atom stereocenters. The van der Waals surface area contributed by atoms with Crippen molar-refractivity contribution in [3.8, 4) is 16.9 Å². The Morgan fingerprint density at radius 3 is 2.73 bits per heavy atom. The van der Waals surface area contributed by atoms with Crippen molar-refractivity contribution in [2.75, 3.05) is 14.2 Å². The minimum atomic E-state index is -0.120. The number of nitrogens with one attached hydrogen (secondary N) is 3. The average Bonchev–Trinajstić information content (AvgIpc) is 2.99. The van der Waals surface area contributed by atoms with Crippen LogP contribution in [0.1, 0.15) is 5.56 Å². The number of benzene rings is 2. The summed E-state index contributed by atoms with van der Waals surface area (Å²) < 4.78 is 5.36. The van der Waals surface area contributed by atoms with Crippen LogP contribution < -0.4 is 15.6 Å². The highest BCUT2D eigenvalue weighted by atomic mass is 35.5. The molecule has 2 aromatic heterocycles. The van der Waals surface area contributed by atoms with E-state index >= 15 is 0 Å². The largest absolute Gasteiger partial charge is 0.497 e. The van der Waals surface area contributed by atoms with Gasteiger partial charge in [0, 0.05) is 33.6 Å². The smallest absolute Gasteiger partial charge is 0.253 e. The Kier molecular flexibility index (Phi) is 4.18. The fraction of sp³-hybridized carbons (Fsp3) is 0.150. The third-order valence-electron chi connectivity index (χ3n) is 4.54. The van der Waals surface area contributed by atoms with Crippen LogP contribution in [0.2, 0.25) is 5.02 Å². The van der Waals surface area contributed by atoms with Crippen LogP contribution in [0, 0.1) is 0 Å². The summed E-state index contributed by atoms with van der Waals surface area (Å²) in [6, 6.07) is 13.3. The van der Waals surface area contributed by atoms with E-state index in [1.807, 2.05) is 49.5 Å². The topological polar surface area (TPSA) is 69.9 Å². The number of aromatic amines is 2. The van der Waals surface area contributed by atoms with Gasteiger partial charge in [0.2, 0.25) is 0 Å². The Morgan fingerprint density at radius 1 is 1.12 bits per heavy atom. The third-order valence-corrected chi connectivity index (χ3v) is 4.77. The maximum absolute atomic E-state index is 12.8. The van der Waals surface area contributed by atoms with Crippen molar-refractivity contribution in [2.45, 2.75) is 6.54 Å². The zero-order valence-electron chi connectivity index (χ0n) is 14.4. The molecule has 2 aromatic carbocycles. The summed E-state index contributed by atoms with van der Waals surface area (Å²) in [6.45, 7) is 0.452. The Bertz CT molecular complexity index is 1180. The Balaban J connectivity index is 2.15. The Hall–Kier alpha value is -2.76. The first-order valence-electron chi connectivity index (χ1n) is 8.27. The number of hydrogen-bond acceptors (Lipinski definition) is 3. The second-order valence-corrected chi connectivity index (χ2v) is 6.57. The number of pyridine rings is 1. The van der Waals surface area contributed by atoms with Gasteiger partial charge in [-0.05, 0) is 42.9 Å². The first-order chi connectivity index (χ1) is 12.6. The lowest BCUT2D eigenvalue weighted by Crippen LogP contribution is -2.20. The number of H-pyrrole nitrogens is 2. The van der Waals surface area contributed by atoms with Gasteiger partial charge in [-0.2, -0.15) is 0 Å². The Labute approximate surface area is 155 Å². The Morgan fingerprint density at radius 2 is 1.96 bits per heavy atom. The van der Waals surface area contributed by atoms with Crippen molar-refractivity contribution < 1.29 is 4.74 Å². The maximum Gasteiger partial charge on any atom is 0.253 e. The number of rotatable bonds is 4. The first-order valence-corrected chi connectivity index (χ1v) is 8.65. The van der Waals surface area contributed by atoms with E-state index in [9.17, 15) is 4.79 Å². The molecule has 6 heteroatoms. The molecule has 0 aliphatic rings. The van der Waals surface area contributed by atoms with Gasteiger partial charge in [-0.1, -0.05) is 23.7 Å². The van der Waals surface area contributed by atoms with E-state index in [0.717, 1.165) is 38.8 Å². The van der Waals surface area contributed by atoms with Crippen LogP contribution in [-0.2, 0) is 6.54 Å². The third kappa shape index (κ3) is 2.66. The minimum Gasteiger partial charge on any atom is -0.497 e. The van der Waals surface area contributed by atoms with Gasteiger partial charge >= 0.3 is 0 Å². The summed E-state index contributed by atoms with van der Waals surface area (Å²) in [5.41, 5.74) is 4.89. The number of aromatic nitrogens is 2. The van der Waals surface area contributed by atoms with Gasteiger partial charge in [-0.3, -0.25) is 4.79 Å². The van der Waals surface area contributed by atoms with Gasteiger partial charge < -0.3 is 20.0 Å². The van der Waals surface area contributed by atoms with Crippen LogP contribution in [0.5, 0.6) is 5.75 Å². The fourth-order valence-electron chi connectivity index (χ4n) is 3.38. The predicted molar refractivity (Wildman–Crippen MR) is 106 cm³/mol. The lowest BCUT2D eigenvalue weighted by atomic mass is 9.99. The fourth-order valence-corrected chi connectivity index (χ4v) is 3.55. The van der Waals surface area contributed by atoms with Gasteiger partial charge in [0.1, 0.15) is 5.75 Å². The summed E-state index contributed by atoms with van der Waals surface area (Å²) >= 11 is 6.16. The van der Waals surface area contributed by atoms with Crippen molar-refractivity contribution in [3.63, 3.8) is 0 Å². The monoisotopic (exact) mass is 367 g/mol. The number of fused-ring (bicyclic) bond motifs is 3. The van der Waals surface area contributed by atoms with Crippen LogP contribution in [0.25, 0.3) is 33.1 Å². The average molecular weight is 368 g/mol. The molecule has 0 fully saturated rings. The van der Waals surface area contributed by atoms with E-state index in [-0.39, 0.29) is 5.56 Å². The second kappa shape index (κ2) is 6.52. The standard InChI is InChI=1S/C20H18ClN3O2/c1-22-10-15-17(11-4-3-5-13(8-11)26-2)19-18(24-20(15)25)14-9-12(21)6-7-16(14)23-19/h3-9,22-23H,10H2,1-2H3,(H,24,25). The first kappa shape index (κ1) is 16.7. The number of halogens is 1. The van der Waals surface area contributed by atoms with Gasteiger partial charge in [-0.15, -0.1) is 0 Å². The summed E-state index contributed by atoms with van der Waals surface area (Å²) in [5, 5.41) is 4.60. The van der Waals surface area contributed by atoms with Crippen LogP contribution in [0.3, 0.4) is 0 Å². The molecule has 5 nitrogen and oxygen atoms in total. The molecule has 0 unspecified atom stereocenters. The van der Waals surface area contributed by atoms with Gasteiger partial charge in [0.05, 0.1) is 18.1 Å². The lowest BCUT2D eigenvalue weighted by Gasteiger charge is -2.11. The quantitative estimate of drug-likeness (QED) is 0.509. The summed E-state index contributed by atoms with van der Waals surface area (Å²) in [7, 11) is 3.45. The molecule has 26 heavy (non-hydrogen) atoms. The molecule has 0 aliphatic carbocycles. The van der Waals surface area contributed by atoms with Crippen LogP contribution in [0.15, 0.2) is 47.3 Å². The lowest BCUT2D eigenvalue weighted by molar-refractivity contribution is 0.415. The molecular weight excluding hydrogens is 350 g/mol. The predicted octanol–water partition coefficient (Wildman–Crippen LogP) is 4.06. The summed E-state index contributed by atoms with van der Waals surface area (Å²) in [5.74, 6) is 0.741. The molecule has 0 aliphatic heterocycles. The highest BCUT2D eigenvalue weighted by Crippen LogP contribution is 2.35. The summed E-state index contributed by atoms with van der Waals surface area (Å²) in [6.07, 6.45) is 0. The second-order valence-electron chi connectivity index (χ2n) is 6.13. The van der Waals surface area contributed by atoms with Crippen LogP contribution >= 0.6 is 11.6 Å². The maximum atomic E-state index is 12.8. The molecule has 0 saturated heterocycles. The highest BCUT2D eigenvalue weighted by Gasteiger charge is 2.18. The van der Waals surface area contributed by atoms with Crippen molar-refractivity contribution in [3.05, 3.63) is 63.4 Å². The van der Waals surface area contributed by atoms with Crippen molar-refractivity contribution in [1.29, 1.82) is 0 Å². The van der Waals surface area contributed by atoms with Gasteiger partial charge in [0.15, 0.2) is 0 Å². The number of methoxy groups -OCH3 is 1. The van der Waals surface area contributed by atoms with Crippen molar-refractivity contribution in [2.24, 2.45) is 0 Å².